The van der Waals surface area contributed by atoms with Gasteiger partial charge in [0.2, 0.25) is 11.8 Å². The Labute approximate surface area is 147 Å². The molecule has 0 saturated carbocycles. The lowest BCUT2D eigenvalue weighted by atomic mass is 10.2. The van der Waals surface area contributed by atoms with Crippen molar-refractivity contribution in [1.82, 2.24) is 15.6 Å². The quantitative estimate of drug-likeness (QED) is 0.684. The monoisotopic (exact) mass is 341 g/mol. The number of nitrogens with one attached hydrogen (secondary N) is 2. The zero-order valence-corrected chi connectivity index (χ0v) is 14.3. The highest BCUT2D eigenvalue weighted by Gasteiger charge is 2.15. The van der Waals surface area contributed by atoms with Crippen LogP contribution in [0.3, 0.4) is 0 Å². The number of rotatable bonds is 9. The van der Waals surface area contributed by atoms with Crippen molar-refractivity contribution in [1.29, 1.82) is 0 Å². The van der Waals surface area contributed by atoms with Crippen molar-refractivity contribution in [2.24, 2.45) is 0 Å². The summed E-state index contributed by atoms with van der Waals surface area (Å²) in [5.41, 5.74) is 0.910. The van der Waals surface area contributed by atoms with Gasteiger partial charge in [0.25, 0.3) is 0 Å². The van der Waals surface area contributed by atoms with E-state index in [-0.39, 0.29) is 11.8 Å². The van der Waals surface area contributed by atoms with Gasteiger partial charge in [0, 0.05) is 25.4 Å². The summed E-state index contributed by atoms with van der Waals surface area (Å²) in [7, 11) is 0. The molecule has 0 unspecified atom stereocenters. The van der Waals surface area contributed by atoms with E-state index >= 15 is 0 Å². The molecule has 132 valence electrons. The van der Waals surface area contributed by atoms with Gasteiger partial charge in [-0.2, -0.15) is 0 Å². The highest BCUT2D eigenvalue weighted by atomic mass is 16.5. The van der Waals surface area contributed by atoms with Crippen molar-refractivity contribution < 1.29 is 14.3 Å². The van der Waals surface area contributed by atoms with Gasteiger partial charge in [-0.25, -0.2) is 0 Å². The van der Waals surface area contributed by atoms with Gasteiger partial charge in [0.1, 0.15) is 11.8 Å². The smallest absolute Gasteiger partial charge is 0.242 e. The first-order chi connectivity index (χ1) is 12.1. The molecule has 1 heterocycles. The zero-order valence-electron chi connectivity index (χ0n) is 14.3. The molecule has 0 fully saturated rings. The Kier molecular flexibility index (Phi) is 7.43. The topological polar surface area (TPSA) is 80.3 Å². The van der Waals surface area contributed by atoms with E-state index in [1.165, 1.54) is 0 Å². The maximum atomic E-state index is 12.0. The number of benzene rings is 1. The summed E-state index contributed by atoms with van der Waals surface area (Å²) in [6.45, 7) is 2.51. The molecule has 0 saturated heterocycles. The Bertz CT molecular complexity index is 662. The predicted octanol–water partition coefficient (Wildman–Crippen LogP) is 2.06. The van der Waals surface area contributed by atoms with Crippen molar-refractivity contribution in [2.45, 2.75) is 32.4 Å². The molecule has 2 aromatic rings. The molecule has 1 aromatic heterocycles. The Morgan fingerprint density at radius 3 is 2.68 bits per heavy atom. The highest BCUT2D eigenvalue weighted by molar-refractivity contribution is 5.87. The third-order valence-corrected chi connectivity index (χ3v) is 3.52. The number of ether oxygens (including phenoxy) is 1. The number of nitrogens with zero attached hydrogens (tertiary/aromatic N) is 1. The molecular weight excluding hydrogens is 318 g/mol. The number of pyridine rings is 1. The SMILES string of the molecule is C[C@@H](NC(=O)CCCOc1ccccc1)C(=O)NCc1cccnc1. The van der Waals surface area contributed by atoms with E-state index < -0.39 is 6.04 Å². The second kappa shape index (κ2) is 10.1. The fraction of sp³-hybridized carbons (Fsp3) is 0.316. The fourth-order valence-corrected chi connectivity index (χ4v) is 2.16. The van der Waals surface area contributed by atoms with Gasteiger partial charge in [-0.1, -0.05) is 24.3 Å². The van der Waals surface area contributed by atoms with Crippen LogP contribution in [0.2, 0.25) is 0 Å². The molecule has 6 nitrogen and oxygen atoms in total. The van der Waals surface area contributed by atoms with E-state index in [0.717, 1.165) is 11.3 Å². The van der Waals surface area contributed by atoms with E-state index in [9.17, 15) is 9.59 Å². The summed E-state index contributed by atoms with van der Waals surface area (Å²) in [6.07, 6.45) is 4.27. The molecule has 0 aliphatic rings. The van der Waals surface area contributed by atoms with Crippen LogP contribution >= 0.6 is 0 Å². The van der Waals surface area contributed by atoms with Gasteiger partial charge in [-0.05, 0) is 37.1 Å². The highest BCUT2D eigenvalue weighted by Crippen LogP contribution is 2.08. The Hall–Kier alpha value is -2.89. The van der Waals surface area contributed by atoms with Gasteiger partial charge < -0.3 is 15.4 Å². The Morgan fingerprint density at radius 2 is 1.96 bits per heavy atom. The molecule has 25 heavy (non-hydrogen) atoms. The first kappa shape index (κ1) is 18.4. The average Bonchev–Trinajstić information content (AvgIpc) is 2.65. The lowest BCUT2D eigenvalue weighted by molar-refractivity contribution is -0.128. The van der Waals surface area contributed by atoms with Crippen molar-refractivity contribution >= 4 is 11.8 Å². The van der Waals surface area contributed by atoms with Gasteiger partial charge in [-0.3, -0.25) is 14.6 Å². The van der Waals surface area contributed by atoms with E-state index in [4.69, 9.17) is 4.74 Å². The molecule has 2 N–H and O–H groups in total. The number of aromatic nitrogens is 1. The first-order valence-corrected chi connectivity index (χ1v) is 8.29. The third-order valence-electron chi connectivity index (χ3n) is 3.52. The number of amides is 2. The van der Waals surface area contributed by atoms with E-state index in [2.05, 4.69) is 15.6 Å². The Balaban J connectivity index is 1.61. The summed E-state index contributed by atoms with van der Waals surface area (Å²) >= 11 is 0. The van der Waals surface area contributed by atoms with Crippen LogP contribution in [-0.2, 0) is 16.1 Å². The standard InChI is InChI=1S/C19H23N3O3/c1-15(19(24)21-14-16-7-5-11-20-13-16)22-18(23)10-6-12-25-17-8-3-2-4-9-17/h2-5,7-9,11,13,15H,6,10,12,14H2,1H3,(H,21,24)(H,22,23)/t15-/m1/s1. The lowest BCUT2D eigenvalue weighted by Gasteiger charge is -2.14. The number of carbonyl (C=O) groups is 2. The minimum absolute atomic E-state index is 0.166. The second-order valence-corrected chi connectivity index (χ2v) is 5.63. The van der Waals surface area contributed by atoms with Crippen molar-refractivity contribution in [2.75, 3.05) is 6.61 Å². The van der Waals surface area contributed by atoms with Gasteiger partial charge >= 0.3 is 0 Å². The second-order valence-electron chi connectivity index (χ2n) is 5.63. The van der Waals surface area contributed by atoms with Crippen LogP contribution in [0.5, 0.6) is 5.75 Å². The maximum absolute atomic E-state index is 12.0. The van der Waals surface area contributed by atoms with Gasteiger partial charge in [-0.15, -0.1) is 0 Å². The van der Waals surface area contributed by atoms with Crippen molar-refractivity contribution in [3.8, 4) is 5.75 Å². The molecule has 6 heteroatoms. The van der Waals surface area contributed by atoms with E-state index in [0.29, 0.717) is 26.0 Å². The lowest BCUT2D eigenvalue weighted by Crippen LogP contribution is -2.44. The molecule has 0 radical (unpaired) electrons. The minimum Gasteiger partial charge on any atom is -0.494 e. The molecule has 0 bridgehead atoms. The summed E-state index contributed by atoms with van der Waals surface area (Å²) in [6, 6.07) is 12.6. The molecule has 0 aliphatic carbocycles. The van der Waals surface area contributed by atoms with Crippen LogP contribution in [0.15, 0.2) is 54.9 Å². The summed E-state index contributed by atoms with van der Waals surface area (Å²) in [5, 5.41) is 5.47. The normalized spacial score (nSPS) is 11.4. The minimum atomic E-state index is -0.584. The number of hydrogen-bond donors (Lipinski definition) is 2. The average molecular weight is 341 g/mol. The molecular formula is C19H23N3O3. The predicted molar refractivity (Wildman–Crippen MR) is 94.9 cm³/mol. The van der Waals surface area contributed by atoms with E-state index in [1.807, 2.05) is 42.5 Å². The van der Waals surface area contributed by atoms with Crippen LogP contribution in [0, 0.1) is 0 Å². The zero-order chi connectivity index (χ0) is 17.9. The van der Waals surface area contributed by atoms with E-state index in [1.54, 1.807) is 19.3 Å². The van der Waals surface area contributed by atoms with Crippen LogP contribution in [-0.4, -0.2) is 29.4 Å². The Morgan fingerprint density at radius 1 is 1.16 bits per heavy atom. The summed E-state index contributed by atoms with van der Waals surface area (Å²) < 4.78 is 5.53. The molecule has 2 rings (SSSR count). The molecule has 0 aliphatic heterocycles. The largest absolute Gasteiger partial charge is 0.494 e. The first-order valence-electron chi connectivity index (χ1n) is 8.29. The summed E-state index contributed by atoms with van der Waals surface area (Å²) in [5.74, 6) is 0.393. The van der Waals surface area contributed by atoms with Gasteiger partial charge in [0.05, 0.1) is 6.61 Å². The summed E-state index contributed by atoms with van der Waals surface area (Å²) in [4.78, 5) is 27.9. The number of para-hydroxylation sites is 1. The number of carbonyl (C=O) groups excluding carboxylic acids is 2. The molecule has 1 aromatic carbocycles. The van der Waals surface area contributed by atoms with Crippen LogP contribution in [0.1, 0.15) is 25.3 Å². The van der Waals surface area contributed by atoms with Crippen molar-refractivity contribution in [3.05, 3.63) is 60.4 Å². The third kappa shape index (κ3) is 7.03. The molecule has 0 spiro atoms. The molecule has 1 atom stereocenters. The molecule has 2 amide bonds. The van der Waals surface area contributed by atoms with Crippen LogP contribution in [0.25, 0.3) is 0 Å². The fourth-order valence-electron chi connectivity index (χ4n) is 2.16. The maximum Gasteiger partial charge on any atom is 0.242 e. The van der Waals surface area contributed by atoms with Crippen molar-refractivity contribution in [3.63, 3.8) is 0 Å². The van der Waals surface area contributed by atoms with Gasteiger partial charge in [0.15, 0.2) is 0 Å². The van der Waals surface area contributed by atoms with Crippen LogP contribution in [0.4, 0.5) is 0 Å². The van der Waals surface area contributed by atoms with Crippen LogP contribution < -0.4 is 15.4 Å². The number of hydrogen-bond acceptors (Lipinski definition) is 4.